The van der Waals surface area contributed by atoms with E-state index in [2.05, 4.69) is 16.0 Å². The molecule has 2 heterocycles. The van der Waals surface area contributed by atoms with Crippen molar-refractivity contribution in [2.45, 2.75) is 37.3 Å². The fourth-order valence-corrected chi connectivity index (χ4v) is 3.74. The molecule has 0 saturated carbocycles. The largest absolute Gasteiger partial charge is 0.368 e. The molecule has 9 heteroatoms. The molecule has 1 aromatic carbocycles. The van der Waals surface area contributed by atoms with Crippen LogP contribution in [-0.4, -0.2) is 61.8 Å². The Balaban J connectivity index is 0.00000280. The number of hydrogen-bond donors (Lipinski definition) is 3. The highest BCUT2D eigenvalue weighted by atomic mass is 35.5. The maximum Gasteiger partial charge on any atom is 0.319 e. The summed E-state index contributed by atoms with van der Waals surface area (Å²) in [6, 6.07) is 5.30. The van der Waals surface area contributed by atoms with Crippen LogP contribution in [0.4, 0.5) is 14.9 Å². The summed E-state index contributed by atoms with van der Waals surface area (Å²) >= 11 is 0. The van der Waals surface area contributed by atoms with Gasteiger partial charge in [-0.25, -0.2) is 9.18 Å². The molecule has 2 saturated heterocycles. The predicted molar refractivity (Wildman–Crippen MR) is 107 cm³/mol. The molecule has 0 bridgehead atoms. The zero-order valence-corrected chi connectivity index (χ0v) is 16.8. The second-order valence-corrected chi connectivity index (χ2v) is 7.12. The first-order chi connectivity index (χ1) is 13.0. The molecular weight excluding hydrogens is 387 g/mol. The molecule has 0 aliphatic carbocycles. The van der Waals surface area contributed by atoms with E-state index in [0.29, 0.717) is 44.5 Å². The number of hydrogen-bond acceptors (Lipinski definition) is 4. The van der Waals surface area contributed by atoms with Crippen LogP contribution < -0.4 is 16.0 Å². The van der Waals surface area contributed by atoms with Gasteiger partial charge in [0.25, 0.3) is 5.91 Å². The number of piperidine rings is 2. The first-order valence-corrected chi connectivity index (χ1v) is 9.41. The molecule has 0 atom stereocenters. The monoisotopic (exact) mass is 414 g/mol. The van der Waals surface area contributed by atoms with Crippen molar-refractivity contribution < 1.29 is 18.7 Å². The third-order valence-corrected chi connectivity index (χ3v) is 5.41. The minimum Gasteiger partial charge on any atom is -0.368 e. The summed E-state index contributed by atoms with van der Waals surface area (Å²) in [5, 5.41) is 8.87. The van der Waals surface area contributed by atoms with Crippen molar-refractivity contribution in [2.75, 3.05) is 38.6 Å². The average molecular weight is 415 g/mol. The van der Waals surface area contributed by atoms with Gasteiger partial charge in [-0.2, -0.15) is 0 Å². The van der Waals surface area contributed by atoms with Crippen molar-refractivity contribution in [1.82, 2.24) is 15.5 Å². The van der Waals surface area contributed by atoms with Gasteiger partial charge in [-0.15, -0.1) is 12.4 Å². The van der Waals surface area contributed by atoms with Gasteiger partial charge >= 0.3 is 6.03 Å². The van der Waals surface area contributed by atoms with Gasteiger partial charge in [-0.1, -0.05) is 0 Å². The lowest BCUT2D eigenvalue weighted by Gasteiger charge is -2.41. The number of amides is 3. The normalized spacial score (nSPS) is 19.4. The summed E-state index contributed by atoms with van der Waals surface area (Å²) in [7, 11) is 1.61. The minimum absolute atomic E-state index is 0. The van der Waals surface area contributed by atoms with Gasteiger partial charge in [0.1, 0.15) is 11.4 Å². The standard InChI is InChI=1S/C19H27FN4O3.ClH/c1-27-19(8-10-21-11-9-19)17(25)24-12-6-16(7-13-24)23-18(26)22-15-4-2-14(20)3-5-15;/h2-5,16,21H,6-13H2,1H3,(H2,22,23,26);1H. The van der Waals surface area contributed by atoms with Crippen LogP contribution in [0.5, 0.6) is 0 Å². The molecule has 0 aromatic heterocycles. The van der Waals surface area contributed by atoms with Crippen molar-refractivity contribution >= 4 is 30.0 Å². The van der Waals surface area contributed by atoms with Crippen LogP contribution in [0.1, 0.15) is 25.7 Å². The van der Waals surface area contributed by atoms with Gasteiger partial charge in [-0.05, 0) is 63.0 Å². The Labute approximate surface area is 170 Å². The van der Waals surface area contributed by atoms with Crippen LogP contribution in [0, 0.1) is 5.82 Å². The molecule has 156 valence electrons. The summed E-state index contributed by atoms with van der Waals surface area (Å²) in [6.45, 7) is 2.75. The van der Waals surface area contributed by atoms with E-state index in [0.717, 1.165) is 13.1 Å². The first-order valence-electron chi connectivity index (χ1n) is 9.41. The molecule has 3 N–H and O–H groups in total. The van der Waals surface area contributed by atoms with Gasteiger partial charge in [-0.3, -0.25) is 4.79 Å². The molecule has 0 radical (unpaired) electrons. The lowest BCUT2D eigenvalue weighted by Crippen LogP contribution is -2.58. The number of carbonyl (C=O) groups excluding carboxylic acids is 2. The summed E-state index contributed by atoms with van der Waals surface area (Å²) < 4.78 is 18.5. The maximum atomic E-state index is 12.9. The molecule has 2 aliphatic rings. The van der Waals surface area contributed by atoms with E-state index in [9.17, 15) is 14.0 Å². The molecule has 7 nitrogen and oxygen atoms in total. The Morgan fingerprint density at radius 2 is 1.79 bits per heavy atom. The highest BCUT2D eigenvalue weighted by molar-refractivity contribution is 5.89. The van der Waals surface area contributed by atoms with Crippen molar-refractivity contribution in [3.8, 4) is 0 Å². The number of anilines is 1. The fourth-order valence-electron chi connectivity index (χ4n) is 3.74. The fraction of sp³-hybridized carbons (Fsp3) is 0.579. The van der Waals surface area contributed by atoms with Crippen LogP contribution >= 0.6 is 12.4 Å². The number of halogens is 2. The Kier molecular flexibility index (Phi) is 8.03. The Bertz CT molecular complexity index is 660. The Morgan fingerprint density at radius 3 is 2.36 bits per heavy atom. The third kappa shape index (κ3) is 5.33. The van der Waals surface area contributed by atoms with E-state index in [4.69, 9.17) is 4.74 Å². The summed E-state index contributed by atoms with van der Waals surface area (Å²) in [5.74, 6) is -0.290. The maximum absolute atomic E-state index is 12.9. The highest BCUT2D eigenvalue weighted by Crippen LogP contribution is 2.26. The van der Waals surface area contributed by atoms with Crippen LogP contribution in [-0.2, 0) is 9.53 Å². The van der Waals surface area contributed by atoms with Crippen LogP contribution in [0.25, 0.3) is 0 Å². The van der Waals surface area contributed by atoms with E-state index in [1.165, 1.54) is 24.3 Å². The number of nitrogens with one attached hydrogen (secondary N) is 3. The molecular formula is C19H28ClFN4O3. The van der Waals surface area contributed by atoms with Gasteiger partial charge in [0, 0.05) is 31.9 Å². The number of methoxy groups -OCH3 is 1. The van der Waals surface area contributed by atoms with Crippen molar-refractivity contribution in [1.29, 1.82) is 0 Å². The van der Waals surface area contributed by atoms with E-state index in [-0.39, 0.29) is 36.2 Å². The van der Waals surface area contributed by atoms with Gasteiger partial charge in [0.2, 0.25) is 0 Å². The molecule has 1 aromatic rings. The van der Waals surface area contributed by atoms with Gasteiger partial charge in [0.05, 0.1) is 0 Å². The van der Waals surface area contributed by atoms with E-state index < -0.39 is 5.60 Å². The quantitative estimate of drug-likeness (QED) is 0.704. The second-order valence-electron chi connectivity index (χ2n) is 7.12. The SMILES string of the molecule is COC1(C(=O)N2CCC(NC(=O)Nc3ccc(F)cc3)CC2)CCNCC1.Cl. The Hall–Kier alpha value is -1.90. The number of ether oxygens (including phenoxy) is 1. The van der Waals surface area contributed by atoms with Crippen LogP contribution in [0.2, 0.25) is 0 Å². The van der Waals surface area contributed by atoms with Gasteiger partial charge < -0.3 is 25.6 Å². The molecule has 28 heavy (non-hydrogen) atoms. The number of nitrogens with zero attached hydrogens (tertiary/aromatic N) is 1. The highest BCUT2D eigenvalue weighted by Gasteiger charge is 2.43. The van der Waals surface area contributed by atoms with Crippen LogP contribution in [0.3, 0.4) is 0 Å². The summed E-state index contributed by atoms with van der Waals surface area (Å²) in [6.07, 6.45) is 2.75. The minimum atomic E-state index is -0.717. The summed E-state index contributed by atoms with van der Waals surface area (Å²) in [4.78, 5) is 26.9. The average Bonchev–Trinajstić information content (AvgIpc) is 2.70. The molecule has 0 spiro atoms. The third-order valence-electron chi connectivity index (χ3n) is 5.41. The predicted octanol–water partition coefficient (Wildman–Crippen LogP) is 2.13. The lowest BCUT2D eigenvalue weighted by molar-refractivity contribution is -0.159. The number of urea groups is 1. The number of benzene rings is 1. The van der Waals surface area contributed by atoms with Crippen molar-refractivity contribution in [3.63, 3.8) is 0 Å². The Morgan fingerprint density at radius 1 is 1.18 bits per heavy atom. The molecule has 3 rings (SSSR count). The van der Waals surface area contributed by atoms with Gasteiger partial charge in [0.15, 0.2) is 0 Å². The first kappa shape index (κ1) is 22.4. The number of rotatable bonds is 4. The van der Waals surface area contributed by atoms with E-state index in [1.54, 1.807) is 7.11 Å². The van der Waals surface area contributed by atoms with E-state index >= 15 is 0 Å². The topological polar surface area (TPSA) is 82.7 Å². The number of carbonyl (C=O) groups is 2. The summed E-state index contributed by atoms with van der Waals surface area (Å²) in [5.41, 5.74) is -0.180. The lowest BCUT2D eigenvalue weighted by atomic mass is 9.89. The molecule has 3 amide bonds. The van der Waals surface area contributed by atoms with Crippen LogP contribution in [0.15, 0.2) is 24.3 Å². The van der Waals surface area contributed by atoms with Crippen molar-refractivity contribution in [3.05, 3.63) is 30.1 Å². The zero-order chi connectivity index (χ0) is 19.3. The number of likely N-dealkylation sites (tertiary alicyclic amines) is 1. The molecule has 2 aliphatic heterocycles. The second kappa shape index (κ2) is 10.0. The molecule has 0 unspecified atom stereocenters. The zero-order valence-electron chi connectivity index (χ0n) is 16.0. The van der Waals surface area contributed by atoms with Crippen molar-refractivity contribution in [2.24, 2.45) is 0 Å². The molecule has 2 fully saturated rings. The smallest absolute Gasteiger partial charge is 0.319 e. The van der Waals surface area contributed by atoms with E-state index in [1.807, 2.05) is 4.90 Å².